The number of morpholine rings is 1. The van der Waals surface area contributed by atoms with Crippen molar-refractivity contribution in [2.45, 2.75) is 0 Å². The Balaban J connectivity index is 1.33. The quantitative estimate of drug-likeness (QED) is 0.691. The van der Waals surface area contributed by atoms with Gasteiger partial charge in [0, 0.05) is 61.6 Å². The number of piperazine rings is 1. The molecule has 2 aliphatic heterocycles. The van der Waals surface area contributed by atoms with Crippen LogP contribution < -0.4 is 9.64 Å². The number of amides is 1. The fourth-order valence-electron chi connectivity index (χ4n) is 3.46. The molecule has 0 atom stereocenters. The van der Waals surface area contributed by atoms with Crippen molar-refractivity contribution in [3.63, 3.8) is 0 Å². The lowest BCUT2D eigenvalue weighted by Gasteiger charge is -2.36. The second-order valence-corrected chi connectivity index (χ2v) is 8.03. The highest BCUT2D eigenvalue weighted by atomic mass is 35.5. The van der Waals surface area contributed by atoms with E-state index in [9.17, 15) is 4.79 Å². The SMILES string of the molecule is O=C(CN1CCOCC1)N1CCN(c2nccc(Oc3cc(Cl)cc(Cl)c3)n2)CC1. The number of ether oxygens (including phenoxy) is 2. The minimum absolute atomic E-state index is 0.160. The minimum Gasteiger partial charge on any atom is -0.439 e. The van der Waals surface area contributed by atoms with Gasteiger partial charge in [-0.1, -0.05) is 23.2 Å². The summed E-state index contributed by atoms with van der Waals surface area (Å²) in [5, 5.41) is 0.981. The fourth-order valence-corrected chi connectivity index (χ4v) is 3.96. The van der Waals surface area contributed by atoms with E-state index in [0.29, 0.717) is 73.6 Å². The number of carbonyl (C=O) groups is 1. The Morgan fingerprint density at radius 3 is 2.43 bits per heavy atom. The molecule has 8 nitrogen and oxygen atoms in total. The number of aromatic nitrogens is 2. The van der Waals surface area contributed by atoms with Gasteiger partial charge >= 0.3 is 0 Å². The van der Waals surface area contributed by atoms with Crippen LogP contribution in [0.15, 0.2) is 30.5 Å². The van der Waals surface area contributed by atoms with Crippen LogP contribution in [0.5, 0.6) is 11.6 Å². The van der Waals surface area contributed by atoms with Crippen molar-refractivity contribution in [2.24, 2.45) is 0 Å². The first kappa shape index (κ1) is 21.1. The van der Waals surface area contributed by atoms with Gasteiger partial charge in [-0.25, -0.2) is 4.98 Å². The summed E-state index contributed by atoms with van der Waals surface area (Å²) in [5.74, 6) is 1.65. The van der Waals surface area contributed by atoms with E-state index in [1.807, 2.05) is 4.90 Å². The van der Waals surface area contributed by atoms with E-state index in [4.69, 9.17) is 32.7 Å². The van der Waals surface area contributed by atoms with Crippen molar-refractivity contribution >= 4 is 35.1 Å². The summed E-state index contributed by atoms with van der Waals surface area (Å²) in [6, 6.07) is 6.67. The lowest BCUT2D eigenvalue weighted by molar-refractivity contribution is -0.133. The molecule has 160 valence electrons. The number of halogens is 2. The second-order valence-electron chi connectivity index (χ2n) is 7.16. The van der Waals surface area contributed by atoms with E-state index < -0.39 is 0 Å². The molecule has 3 heterocycles. The summed E-state index contributed by atoms with van der Waals surface area (Å²) in [7, 11) is 0. The molecule has 10 heteroatoms. The Kier molecular flexibility index (Phi) is 6.89. The molecule has 2 aromatic rings. The summed E-state index contributed by atoms with van der Waals surface area (Å²) < 4.78 is 11.1. The fraction of sp³-hybridized carbons (Fsp3) is 0.450. The Labute approximate surface area is 185 Å². The van der Waals surface area contributed by atoms with Gasteiger partial charge in [-0.05, 0) is 18.2 Å². The summed E-state index contributed by atoms with van der Waals surface area (Å²) in [4.78, 5) is 27.5. The predicted molar refractivity (Wildman–Crippen MR) is 115 cm³/mol. The lowest BCUT2D eigenvalue weighted by Crippen LogP contribution is -2.52. The third kappa shape index (κ3) is 5.51. The third-order valence-electron chi connectivity index (χ3n) is 5.05. The normalized spacial score (nSPS) is 17.8. The van der Waals surface area contributed by atoms with Gasteiger partial charge in [-0.3, -0.25) is 9.69 Å². The van der Waals surface area contributed by atoms with Crippen LogP contribution in [0.25, 0.3) is 0 Å². The van der Waals surface area contributed by atoms with E-state index >= 15 is 0 Å². The van der Waals surface area contributed by atoms with Gasteiger partial charge in [-0.2, -0.15) is 4.98 Å². The topological polar surface area (TPSA) is 71.0 Å². The standard InChI is InChI=1S/C20H23Cl2N5O3/c21-15-11-16(22)13-17(12-15)30-18-1-2-23-20(24-18)27-5-3-26(4-6-27)19(28)14-25-7-9-29-10-8-25/h1-2,11-13H,3-10,14H2. The molecule has 1 aromatic heterocycles. The van der Waals surface area contributed by atoms with Crippen molar-refractivity contribution in [1.29, 1.82) is 0 Å². The first-order valence-electron chi connectivity index (χ1n) is 9.87. The maximum Gasteiger partial charge on any atom is 0.236 e. The summed E-state index contributed by atoms with van der Waals surface area (Å²) in [6.45, 7) is 6.07. The molecule has 0 unspecified atom stereocenters. The Bertz CT molecular complexity index is 866. The Morgan fingerprint density at radius 1 is 1.03 bits per heavy atom. The molecule has 2 aliphatic rings. The number of hydrogen-bond donors (Lipinski definition) is 0. The summed E-state index contributed by atoms with van der Waals surface area (Å²) >= 11 is 12.0. The molecule has 0 bridgehead atoms. The van der Waals surface area contributed by atoms with Crippen molar-refractivity contribution in [3.8, 4) is 11.6 Å². The molecule has 0 radical (unpaired) electrons. The summed E-state index contributed by atoms with van der Waals surface area (Å²) in [6.07, 6.45) is 1.65. The molecule has 1 aromatic carbocycles. The average Bonchev–Trinajstić information content (AvgIpc) is 2.74. The lowest BCUT2D eigenvalue weighted by atomic mass is 10.3. The highest BCUT2D eigenvalue weighted by Crippen LogP contribution is 2.28. The van der Waals surface area contributed by atoms with Gasteiger partial charge in [0.1, 0.15) is 5.75 Å². The predicted octanol–water partition coefficient (Wildman–Crippen LogP) is 2.56. The molecule has 2 fully saturated rings. The molecule has 0 saturated carbocycles. The molecular weight excluding hydrogens is 429 g/mol. The zero-order chi connectivity index (χ0) is 20.9. The second kappa shape index (κ2) is 9.78. The zero-order valence-corrected chi connectivity index (χ0v) is 18.0. The first-order valence-corrected chi connectivity index (χ1v) is 10.6. The largest absolute Gasteiger partial charge is 0.439 e. The van der Waals surface area contributed by atoms with E-state index in [-0.39, 0.29) is 5.91 Å². The number of hydrogen-bond acceptors (Lipinski definition) is 7. The van der Waals surface area contributed by atoms with Crippen molar-refractivity contribution < 1.29 is 14.3 Å². The number of nitrogens with zero attached hydrogens (tertiary/aromatic N) is 5. The number of benzene rings is 1. The van der Waals surface area contributed by atoms with E-state index in [1.54, 1.807) is 30.5 Å². The van der Waals surface area contributed by atoms with Crippen LogP contribution in [0.1, 0.15) is 0 Å². The van der Waals surface area contributed by atoms with E-state index in [1.165, 1.54) is 0 Å². The Morgan fingerprint density at radius 2 is 1.73 bits per heavy atom. The average molecular weight is 452 g/mol. The number of rotatable bonds is 5. The highest BCUT2D eigenvalue weighted by molar-refractivity contribution is 6.34. The molecular formula is C20H23Cl2N5O3. The van der Waals surface area contributed by atoms with Gasteiger partial charge in [-0.15, -0.1) is 0 Å². The van der Waals surface area contributed by atoms with Crippen LogP contribution in [0.4, 0.5) is 5.95 Å². The molecule has 0 aliphatic carbocycles. The number of carbonyl (C=O) groups excluding carboxylic acids is 1. The van der Waals surface area contributed by atoms with Crippen LogP contribution in [-0.2, 0) is 9.53 Å². The smallest absolute Gasteiger partial charge is 0.236 e. The van der Waals surface area contributed by atoms with Gasteiger partial charge in [0.2, 0.25) is 17.7 Å². The summed E-state index contributed by atoms with van der Waals surface area (Å²) in [5.41, 5.74) is 0. The van der Waals surface area contributed by atoms with Crippen LogP contribution >= 0.6 is 23.2 Å². The number of anilines is 1. The third-order valence-corrected chi connectivity index (χ3v) is 5.49. The first-order chi connectivity index (χ1) is 14.6. The molecule has 0 spiro atoms. The maximum atomic E-state index is 12.6. The monoisotopic (exact) mass is 451 g/mol. The van der Waals surface area contributed by atoms with Gasteiger partial charge in [0.05, 0.1) is 19.8 Å². The molecule has 2 saturated heterocycles. The van der Waals surface area contributed by atoms with Crippen molar-refractivity contribution in [1.82, 2.24) is 19.8 Å². The van der Waals surface area contributed by atoms with Gasteiger partial charge < -0.3 is 19.3 Å². The molecule has 30 heavy (non-hydrogen) atoms. The van der Waals surface area contributed by atoms with E-state index in [0.717, 1.165) is 13.1 Å². The van der Waals surface area contributed by atoms with E-state index in [2.05, 4.69) is 19.8 Å². The van der Waals surface area contributed by atoms with Crippen LogP contribution in [0, 0.1) is 0 Å². The molecule has 1 amide bonds. The molecule has 0 N–H and O–H groups in total. The van der Waals surface area contributed by atoms with Crippen LogP contribution in [0.3, 0.4) is 0 Å². The zero-order valence-electron chi connectivity index (χ0n) is 16.5. The van der Waals surface area contributed by atoms with Crippen LogP contribution in [0.2, 0.25) is 10.0 Å². The maximum absolute atomic E-state index is 12.6. The Hall–Kier alpha value is -2.13. The molecule has 4 rings (SSSR count). The van der Waals surface area contributed by atoms with Crippen molar-refractivity contribution in [2.75, 3.05) is 63.9 Å². The van der Waals surface area contributed by atoms with Gasteiger partial charge in [0.25, 0.3) is 0 Å². The minimum atomic E-state index is 0.160. The van der Waals surface area contributed by atoms with Gasteiger partial charge in [0.15, 0.2) is 0 Å². The van der Waals surface area contributed by atoms with Crippen LogP contribution in [-0.4, -0.2) is 84.7 Å². The highest BCUT2D eigenvalue weighted by Gasteiger charge is 2.24. The van der Waals surface area contributed by atoms with Crippen molar-refractivity contribution in [3.05, 3.63) is 40.5 Å².